The van der Waals surface area contributed by atoms with Gasteiger partial charge in [-0.15, -0.1) is 0 Å². The van der Waals surface area contributed by atoms with E-state index in [0.29, 0.717) is 30.5 Å². The number of carbonyl (C=O) groups excluding carboxylic acids is 5. The van der Waals surface area contributed by atoms with Crippen LogP contribution in [0.15, 0.2) is 24.3 Å². The molecule has 1 aromatic rings. The highest BCUT2D eigenvalue weighted by molar-refractivity contribution is 8.76. The standard InChI is InChI=1S/C34H50N6O13S2/c1-3-13-54-55-19-25(32(50)51)39-30(47)22(16-28(43)44)15-26(41)24(17-29(45)46)38-27(42)14-20-8-10-21(11-9-20)18-37-33(52)36-12-6-5-7-23(31(48)49)40-34(53)35-4-2/h8-11,22-25H,3-7,12-19H2,1-2H3,(H,38,42)(H,39,47)(H,43,44)(H,45,46)(H,48,49)(H,50,51)(H2,35,40,53)(H2,36,37,52)/t22-,23-,24-,25-/m0/s1. The number of carboxylic acid groups (broad SMARTS) is 4. The van der Waals surface area contributed by atoms with Crippen LogP contribution in [0, 0.1) is 5.92 Å². The molecule has 0 aromatic heterocycles. The Morgan fingerprint density at radius 1 is 0.655 bits per heavy atom. The van der Waals surface area contributed by atoms with Crippen LogP contribution in [0.3, 0.4) is 0 Å². The first kappa shape index (κ1) is 48.0. The van der Waals surface area contributed by atoms with E-state index in [1.807, 2.05) is 6.92 Å². The summed E-state index contributed by atoms with van der Waals surface area (Å²) in [5.41, 5.74) is 1.15. The van der Waals surface area contributed by atoms with Crippen LogP contribution in [0.2, 0.25) is 0 Å². The van der Waals surface area contributed by atoms with Gasteiger partial charge in [-0.25, -0.2) is 19.2 Å². The molecule has 306 valence electrons. The molecule has 0 unspecified atom stereocenters. The zero-order chi connectivity index (χ0) is 41.3. The Bertz CT molecular complexity index is 1480. The normalized spacial score (nSPS) is 12.8. The first-order valence-corrected chi connectivity index (χ1v) is 19.9. The van der Waals surface area contributed by atoms with Gasteiger partial charge in [0, 0.05) is 37.6 Å². The van der Waals surface area contributed by atoms with Gasteiger partial charge in [-0.05, 0) is 43.7 Å². The third kappa shape index (κ3) is 21.4. The van der Waals surface area contributed by atoms with Crippen molar-refractivity contribution in [3.05, 3.63) is 35.4 Å². The third-order valence-electron chi connectivity index (χ3n) is 7.55. The average molecular weight is 815 g/mol. The van der Waals surface area contributed by atoms with Crippen molar-refractivity contribution in [3.63, 3.8) is 0 Å². The van der Waals surface area contributed by atoms with Crippen LogP contribution in [-0.2, 0) is 46.5 Å². The Balaban J connectivity index is 2.69. The number of amides is 6. The fourth-order valence-electron chi connectivity index (χ4n) is 4.75. The number of hydrogen-bond donors (Lipinski definition) is 10. The summed E-state index contributed by atoms with van der Waals surface area (Å²) in [6, 6.07) is 1.36. The first-order valence-electron chi connectivity index (χ1n) is 17.5. The number of nitrogens with one attached hydrogen (secondary N) is 6. The molecular weight excluding hydrogens is 765 g/mol. The van der Waals surface area contributed by atoms with Crippen molar-refractivity contribution in [1.82, 2.24) is 31.9 Å². The molecule has 10 N–H and O–H groups in total. The number of aliphatic carboxylic acids is 4. The van der Waals surface area contributed by atoms with E-state index < -0.39 is 96.8 Å². The number of ketones is 1. The number of rotatable bonds is 28. The monoisotopic (exact) mass is 814 g/mol. The van der Waals surface area contributed by atoms with Crippen molar-refractivity contribution >= 4 is 75.1 Å². The van der Waals surface area contributed by atoms with Crippen molar-refractivity contribution in [3.8, 4) is 0 Å². The van der Waals surface area contributed by atoms with Gasteiger partial charge in [0.25, 0.3) is 0 Å². The summed E-state index contributed by atoms with van der Waals surface area (Å²) in [6.07, 6.45) is -0.807. The molecule has 4 atom stereocenters. The molecule has 21 heteroatoms. The quantitative estimate of drug-likeness (QED) is 0.0422. The van der Waals surface area contributed by atoms with Gasteiger partial charge in [-0.1, -0.05) is 52.8 Å². The maximum absolute atomic E-state index is 13.2. The van der Waals surface area contributed by atoms with Crippen LogP contribution in [0.5, 0.6) is 0 Å². The summed E-state index contributed by atoms with van der Waals surface area (Å²) >= 11 is 0. The lowest BCUT2D eigenvalue weighted by atomic mass is 9.93. The van der Waals surface area contributed by atoms with E-state index in [1.54, 1.807) is 31.2 Å². The van der Waals surface area contributed by atoms with E-state index in [1.165, 1.54) is 21.6 Å². The van der Waals surface area contributed by atoms with Crippen molar-refractivity contribution in [2.45, 2.75) is 89.9 Å². The maximum Gasteiger partial charge on any atom is 0.327 e. The summed E-state index contributed by atoms with van der Waals surface area (Å²) in [7, 11) is 2.61. The van der Waals surface area contributed by atoms with E-state index >= 15 is 0 Å². The third-order valence-corrected chi connectivity index (χ3v) is 10.2. The Kier molecular flexibility index (Phi) is 23.3. The molecule has 0 aliphatic heterocycles. The number of carboxylic acids is 4. The molecule has 1 rings (SSSR count). The fourth-order valence-corrected chi connectivity index (χ4v) is 7.04. The molecule has 0 heterocycles. The number of unbranched alkanes of at least 4 members (excludes halogenated alkanes) is 1. The Morgan fingerprint density at radius 2 is 1.29 bits per heavy atom. The topological polar surface area (TPSA) is 307 Å². The van der Waals surface area contributed by atoms with Crippen molar-refractivity contribution in [2.75, 3.05) is 24.6 Å². The van der Waals surface area contributed by atoms with Gasteiger partial charge in [0.05, 0.1) is 31.2 Å². The summed E-state index contributed by atoms with van der Waals surface area (Å²) in [5.74, 6) is -8.87. The minimum Gasteiger partial charge on any atom is -0.481 e. The zero-order valence-electron chi connectivity index (χ0n) is 30.6. The number of benzene rings is 1. The molecule has 1 aromatic carbocycles. The average Bonchev–Trinajstić information content (AvgIpc) is 3.10. The lowest BCUT2D eigenvalue weighted by Crippen LogP contribution is -2.48. The number of carbonyl (C=O) groups is 9. The lowest BCUT2D eigenvalue weighted by molar-refractivity contribution is -0.145. The van der Waals surface area contributed by atoms with Gasteiger partial charge in [0.2, 0.25) is 11.8 Å². The van der Waals surface area contributed by atoms with Crippen LogP contribution >= 0.6 is 21.6 Å². The molecule has 0 saturated heterocycles. The molecule has 0 fully saturated rings. The number of hydrogen-bond acceptors (Lipinski definition) is 11. The highest BCUT2D eigenvalue weighted by atomic mass is 33.1. The summed E-state index contributed by atoms with van der Waals surface area (Å²) in [6.45, 7) is 4.38. The van der Waals surface area contributed by atoms with E-state index in [2.05, 4.69) is 31.9 Å². The molecule has 0 bridgehead atoms. The van der Waals surface area contributed by atoms with Crippen molar-refractivity contribution in [2.24, 2.45) is 5.92 Å². The van der Waals surface area contributed by atoms with Gasteiger partial charge >= 0.3 is 35.9 Å². The second kappa shape index (κ2) is 26.7. The highest BCUT2D eigenvalue weighted by Gasteiger charge is 2.32. The molecule has 0 aliphatic rings. The fraction of sp³-hybridized carbons (Fsp3) is 0.559. The molecule has 0 aliphatic carbocycles. The second-order valence-corrected chi connectivity index (χ2v) is 14.8. The molecular formula is C34H50N6O13S2. The summed E-state index contributed by atoms with van der Waals surface area (Å²) in [5, 5.41) is 52.2. The minimum atomic E-state index is -1.60. The van der Waals surface area contributed by atoms with Crippen molar-refractivity contribution in [1.29, 1.82) is 0 Å². The molecule has 0 saturated carbocycles. The molecule has 6 amide bonds. The van der Waals surface area contributed by atoms with E-state index in [-0.39, 0.29) is 31.7 Å². The van der Waals surface area contributed by atoms with Gasteiger partial charge in [-0.3, -0.25) is 24.0 Å². The molecule has 0 radical (unpaired) electrons. The van der Waals surface area contributed by atoms with Crippen LogP contribution in [0.4, 0.5) is 9.59 Å². The summed E-state index contributed by atoms with van der Waals surface area (Å²) in [4.78, 5) is 109. The van der Waals surface area contributed by atoms with E-state index in [9.17, 15) is 63.6 Å². The number of Topliss-reactive ketones (excluding diaryl/α,β-unsaturated/α-hetero) is 1. The largest absolute Gasteiger partial charge is 0.481 e. The second-order valence-electron chi connectivity index (χ2n) is 12.2. The highest BCUT2D eigenvalue weighted by Crippen LogP contribution is 2.23. The first-order chi connectivity index (χ1) is 26.1. The Labute approximate surface area is 325 Å². The van der Waals surface area contributed by atoms with Gasteiger partial charge in [0.1, 0.15) is 12.1 Å². The van der Waals surface area contributed by atoms with Crippen LogP contribution < -0.4 is 31.9 Å². The van der Waals surface area contributed by atoms with Gasteiger partial charge in [0.15, 0.2) is 5.78 Å². The number of urea groups is 2. The molecule has 55 heavy (non-hydrogen) atoms. The van der Waals surface area contributed by atoms with Crippen molar-refractivity contribution < 1.29 is 63.6 Å². The summed E-state index contributed by atoms with van der Waals surface area (Å²) < 4.78 is 0. The van der Waals surface area contributed by atoms with Crippen LogP contribution in [0.1, 0.15) is 69.9 Å². The Hall–Kier alpha value is -5.05. The molecule has 19 nitrogen and oxygen atoms in total. The van der Waals surface area contributed by atoms with Crippen LogP contribution in [0.25, 0.3) is 0 Å². The smallest absolute Gasteiger partial charge is 0.327 e. The minimum absolute atomic E-state index is 0.0222. The molecule has 0 spiro atoms. The van der Waals surface area contributed by atoms with E-state index in [4.69, 9.17) is 0 Å². The van der Waals surface area contributed by atoms with Gasteiger partial charge < -0.3 is 52.3 Å². The maximum atomic E-state index is 13.2. The predicted octanol–water partition coefficient (Wildman–Crippen LogP) is 1.34. The SMILES string of the molecule is CCCSSC[C@H](NC(=O)[C@H](CC(=O)O)CC(=O)[C@H](CC(=O)O)NC(=O)Cc1ccc(CNC(=O)NCCCC[C@H](NC(=O)NCC)C(=O)O)cc1)C(=O)O. The predicted molar refractivity (Wildman–Crippen MR) is 202 cm³/mol. The lowest BCUT2D eigenvalue weighted by Gasteiger charge is -2.21. The van der Waals surface area contributed by atoms with E-state index in [0.717, 1.165) is 12.2 Å². The van der Waals surface area contributed by atoms with Gasteiger partial charge in [-0.2, -0.15) is 0 Å². The Morgan fingerprint density at radius 3 is 1.87 bits per heavy atom. The zero-order valence-corrected chi connectivity index (χ0v) is 32.2. The van der Waals surface area contributed by atoms with Crippen LogP contribution in [-0.4, -0.2) is 117 Å².